The van der Waals surface area contributed by atoms with Gasteiger partial charge in [-0.05, 0) is 37.5 Å². The summed E-state index contributed by atoms with van der Waals surface area (Å²) in [4.78, 5) is 0. The molecule has 0 saturated heterocycles. The average Bonchev–Trinajstić information content (AvgIpc) is 2.38. The third-order valence-corrected chi connectivity index (χ3v) is 3.72. The van der Waals surface area contributed by atoms with Crippen LogP contribution in [-0.2, 0) is 0 Å². The van der Waals surface area contributed by atoms with Crippen LogP contribution in [0.4, 0.5) is 5.69 Å². The Morgan fingerprint density at radius 1 is 1.39 bits per heavy atom. The van der Waals surface area contributed by atoms with E-state index in [0.717, 1.165) is 37.1 Å². The third-order valence-electron chi connectivity index (χ3n) is 3.72. The van der Waals surface area contributed by atoms with Crippen LogP contribution in [0.5, 0.6) is 0 Å². The van der Waals surface area contributed by atoms with Crippen LogP contribution in [0.3, 0.4) is 0 Å². The zero-order chi connectivity index (χ0) is 13.0. The van der Waals surface area contributed by atoms with Crippen LogP contribution < -0.4 is 5.32 Å². The van der Waals surface area contributed by atoms with Gasteiger partial charge in [-0.2, -0.15) is 5.26 Å². The largest absolute Gasteiger partial charge is 0.393 e. The molecule has 2 unspecified atom stereocenters. The van der Waals surface area contributed by atoms with Gasteiger partial charge in [-0.25, -0.2) is 0 Å². The molecule has 1 aromatic carbocycles. The highest BCUT2D eigenvalue weighted by Gasteiger charge is 2.22. The van der Waals surface area contributed by atoms with Crippen LogP contribution in [0.15, 0.2) is 18.2 Å². The molecule has 1 saturated carbocycles. The van der Waals surface area contributed by atoms with Crippen LogP contribution >= 0.6 is 0 Å². The fourth-order valence-electron chi connectivity index (χ4n) is 2.57. The molecule has 3 heteroatoms. The van der Waals surface area contributed by atoms with Crippen molar-refractivity contribution in [2.75, 3.05) is 11.9 Å². The fourth-order valence-corrected chi connectivity index (χ4v) is 2.57. The van der Waals surface area contributed by atoms with Crippen molar-refractivity contribution >= 4 is 5.69 Å². The number of rotatable bonds is 3. The summed E-state index contributed by atoms with van der Waals surface area (Å²) in [6.45, 7) is 2.76. The van der Waals surface area contributed by atoms with E-state index in [1.165, 1.54) is 6.42 Å². The van der Waals surface area contributed by atoms with E-state index in [-0.39, 0.29) is 6.10 Å². The number of aliphatic hydroxyl groups excluding tert-OH is 1. The molecule has 2 atom stereocenters. The second kappa shape index (κ2) is 5.88. The highest BCUT2D eigenvalue weighted by Crippen LogP contribution is 2.25. The second-order valence-electron chi connectivity index (χ2n) is 5.15. The summed E-state index contributed by atoms with van der Waals surface area (Å²) in [6.07, 6.45) is 4.11. The summed E-state index contributed by atoms with van der Waals surface area (Å²) in [7, 11) is 0. The van der Waals surface area contributed by atoms with Crippen LogP contribution in [0.25, 0.3) is 0 Å². The average molecular weight is 244 g/mol. The summed E-state index contributed by atoms with van der Waals surface area (Å²) >= 11 is 0. The Balaban J connectivity index is 2.01. The van der Waals surface area contributed by atoms with Gasteiger partial charge in [0.2, 0.25) is 0 Å². The number of nitriles is 1. The lowest BCUT2D eigenvalue weighted by Gasteiger charge is -2.28. The van der Waals surface area contributed by atoms with Gasteiger partial charge in [-0.3, -0.25) is 0 Å². The number of aliphatic hydroxyl groups is 1. The molecule has 1 aliphatic carbocycles. The first-order chi connectivity index (χ1) is 8.70. The summed E-state index contributed by atoms with van der Waals surface area (Å²) in [5.41, 5.74) is 2.70. The van der Waals surface area contributed by atoms with Gasteiger partial charge in [0.05, 0.1) is 17.4 Å². The highest BCUT2D eigenvalue weighted by molar-refractivity contribution is 5.58. The molecule has 3 nitrogen and oxygen atoms in total. The Morgan fingerprint density at radius 2 is 2.17 bits per heavy atom. The lowest BCUT2D eigenvalue weighted by Crippen LogP contribution is -2.30. The first-order valence-electron chi connectivity index (χ1n) is 6.63. The number of aryl methyl sites for hydroxylation is 1. The lowest BCUT2D eigenvalue weighted by atomic mass is 9.86. The van der Waals surface area contributed by atoms with Gasteiger partial charge >= 0.3 is 0 Å². The van der Waals surface area contributed by atoms with E-state index >= 15 is 0 Å². The van der Waals surface area contributed by atoms with Crippen molar-refractivity contribution in [1.82, 2.24) is 0 Å². The summed E-state index contributed by atoms with van der Waals surface area (Å²) in [5, 5.41) is 22.3. The smallest absolute Gasteiger partial charge is 0.101 e. The maximum absolute atomic E-state index is 9.92. The van der Waals surface area contributed by atoms with Gasteiger partial charge in [0.25, 0.3) is 0 Å². The van der Waals surface area contributed by atoms with Gasteiger partial charge in [0.1, 0.15) is 6.07 Å². The van der Waals surface area contributed by atoms with Crippen molar-refractivity contribution in [1.29, 1.82) is 5.26 Å². The minimum atomic E-state index is -0.193. The van der Waals surface area contributed by atoms with Crippen molar-refractivity contribution in [2.45, 2.75) is 38.7 Å². The lowest BCUT2D eigenvalue weighted by molar-refractivity contribution is 0.0763. The zero-order valence-corrected chi connectivity index (χ0v) is 10.8. The molecule has 2 N–H and O–H groups in total. The monoisotopic (exact) mass is 244 g/mol. The molecule has 1 aromatic rings. The molecule has 0 aromatic heterocycles. The molecule has 0 heterocycles. The molecule has 0 radical (unpaired) electrons. The van der Waals surface area contributed by atoms with Crippen LogP contribution in [-0.4, -0.2) is 17.8 Å². The van der Waals surface area contributed by atoms with Crippen LogP contribution in [0, 0.1) is 24.2 Å². The molecular weight excluding hydrogens is 224 g/mol. The highest BCUT2D eigenvalue weighted by atomic mass is 16.3. The Morgan fingerprint density at radius 3 is 2.89 bits per heavy atom. The number of anilines is 1. The van der Waals surface area contributed by atoms with E-state index < -0.39 is 0 Å². The van der Waals surface area contributed by atoms with E-state index in [1.807, 2.05) is 25.1 Å². The Hall–Kier alpha value is -1.53. The zero-order valence-electron chi connectivity index (χ0n) is 10.8. The third kappa shape index (κ3) is 3.02. The fraction of sp³-hybridized carbons (Fsp3) is 0.533. The molecule has 0 bridgehead atoms. The van der Waals surface area contributed by atoms with Gasteiger partial charge in [-0.15, -0.1) is 0 Å². The van der Waals surface area contributed by atoms with Crippen molar-refractivity contribution in [3.63, 3.8) is 0 Å². The Bertz CT molecular complexity index is 450. The van der Waals surface area contributed by atoms with E-state index in [0.29, 0.717) is 11.5 Å². The molecule has 96 valence electrons. The van der Waals surface area contributed by atoms with Gasteiger partial charge in [0.15, 0.2) is 0 Å². The Labute approximate surface area is 108 Å². The minimum Gasteiger partial charge on any atom is -0.393 e. The summed E-state index contributed by atoms with van der Waals surface area (Å²) in [6, 6.07) is 7.98. The number of benzene rings is 1. The number of nitrogens with one attached hydrogen (secondary N) is 1. The van der Waals surface area contributed by atoms with E-state index in [1.54, 1.807) is 0 Å². The normalized spacial score (nSPS) is 23.4. The van der Waals surface area contributed by atoms with E-state index in [2.05, 4.69) is 11.4 Å². The van der Waals surface area contributed by atoms with Gasteiger partial charge in [0, 0.05) is 12.5 Å². The van der Waals surface area contributed by atoms with Gasteiger partial charge < -0.3 is 10.4 Å². The summed E-state index contributed by atoms with van der Waals surface area (Å²) < 4.78 is 0. The molecule has 2 rings (SSSR count). The van der Waals surface area contributed by atoms with Crippen LogP contribution in [0.2, 0.25) is 0 Å². The molecule has 0 amide bonds. The first kappa shape index (κ1) is 12.9. The van der Waals surface area contributed by atoms with E-state index in [4.69, 9.17) is 5.26 Å². The summed E-state index contributed by atoms with van der Waals surface area (Å²) in [5.74, 6) is 0.311. The topological polar surface area (TPSA) is 56.0 Å². The minimum absolute atomic E-state index is 0.193. The SMILES string of the molecule is Cc1ccc(C#N)c(NCC2CCCCC2O)c1. The number of hydrogen-bond acceptors (Lipinski definition) is 3. The second-order valence-corrected chi connectivity index (χ2v) is 5.15. The maximum atomic E-state index is 9.92. The molecular formula is C15H20N2O. The number of hydrogen-bond donors (Lipinski definition) is 2. The molecule has 18 heavy (non-hydrogen) atoms. The van der Waals surface area contributed by atoms with Crippen molar-refractivity contribution in [3.05, 3.63) is 29.3 Å². The molecule has 1 fully saturated rings. The van der Waals surface area contributed by atoms with Gasteiger partial charge in [-0.1, -0.05) is 18.9 Å². The van der Waals surface area contributed by atoms with Crippen molar-refractivity contribution in [3.8, 4) is 6.07 Å². The first-order valence-corrected chi connectivity index (χ1v) is 6.63. The molecule has 0 aliphatic heterocycles. The molecule has 1 aliphatic rings. The quantitative estimate of drug-likeness (QED) is 0.859. The predicted octanol–water partition coefficient (Wildman–Crippen LogP) is 2.83. The predicted molar refractivity (Wildman–Crippen MR) is 72.3 cm³/mol. The standard InChI is InChI=1S/C15H20N2O/c1-11-6-7-12(9-16)14(8-11)17-10-13-4-2-3-5-15(13)18/h6-8,13,15,17-18H,2-5,10H2,1H3. The maximum Gasteiger partial charge on any atom is 0.101 e. The van der Waals surface area contributed by atoms with E-state index in [9.17, 15) is 5.11 Å². The van der Waals surface area contributed by atoms with Crippen molar-refractivity contribution < 1.29 is 5.11 Å². The number of nitrogens with zero attached hydrogens (tertiary/aromatic N) is 1. The van der Waals surface area contributed by atoms with Crippen molar-refractivity contribution in [2.24, 2.45) is 5.92 Å². The molecule has 0 spiro atoms. The Kier molecular flexibility index (Phi) is 4.22. The van der Waals surface area contributed by atoms with Crippen LogP contribution in [0.1, 0.15) is 36.8 Å².